The Balaban J connectivity index is 1.57. The third-order valence-electron chi connectivity index (χ3n) is 4.53. The maximum atomic E-state index is 12.7. The molecule has 1 fully saturated rings. The van der Waals surface area contributed by atoms with Gasteiger partial charge < -0.3 is 15.2 Å². The number of hydrogen-bond donors (Lipinski definition) is 1. The lowest BCUT2D eigenvalue weighted by Crippen LogP contribution is -2.31. The molecule has 0 unspecified atom stereocenters. The van der Waals surface area contributed by atoms with Gasteiger partial charge in [-0.2, -0.15) is 0 Å². The normalized spacial score (nSPS) is 15.0. The number of benzene rings is 2. The SMILES string of the molecule is CCc1ccc(/C=C2\SC(=S)N(CCC(=O)Nc3ccc(C(=O)[O-])cc3)C2=O)cc1. The first kappa shape index (κ1) is 21.7. The average molecular weight is 440 g/mol. The smallest absolute Gasteiger partial charge is 0.266 e. The highest BCUT2D eigenvalue weighted by Crippen LogP contribution is 2.32. The van der Waals surface area contributed by atoms with Gasteiger partial charge in [-0.15, -0.1) is 0 Å². The van der Waals surface area contributed by atoms with Gasteiger partial charge in [0.25, 0.3) is 5.91 Å². The molecule has 2 amide bonds. The third-order valence-corrected chi connectivity index (χ3v) is 5.90. The Morgan fingerprint density at radius 3 is 2.40 bits per heavy atom. The molecule has 2 aromatic rings. The van der Waals surface area contributed by atoms with E-state index in [1.165, 1.54) is 46.5 Å². The zero-order valence-corrected chi connectivity index (χ0v) is 17.8. The second kappa shape index (κ2) is 9.69. The fourth-order valence-electron chi connectivity index (χ4n) is 2.82. The molecule has 3 rings (SSSR count). The first-order valence-corrected chi connectivity index (χ1v) is 10.6. The van der Waals surface area contributed by atoms with Crippen LogP contribution in [0.2, 0.25) is 0 Å². The summed E-state index contributed by atoms with van der Waals surface area (Å²) in [6.45, 7) is 2.25. The highest BCUT2D eigenvalue weighted by molar-refractivity contribution is 8.26. The number of carboxylic acid groups (broad SMARTS) is 1. The van der Waals surface area contributed by atoms with Crippen LogP contribution in [-0.4, -0.2) is 33.5 Å². The molecule has 0 bridgehead atoms. The minimum absolute atomic E-state index is 0.0293. The van der Waals surface area contributed by atoms with Gasteiger partial charge in [0.1, 0.15) is 4.32 Å². The number of nitrogens with zero attached hydrogens (tertiary/aromatic N) is 1. The van der Waals surface area contributed by atoms with E-state index in [0.717, 1.165) is 12.0 Å². The number of aromatic carboxylic acids is 1. The van der Waals surface area contributed by atoms with E-state index < -0.39 is 5.97 Å². The highest BCUT2D eigenvalue weighted by Gasteiger charge is 2.32. The molecular weight excluding hydrogens is 420 g/mol. The van der Waals surface area contributed by atoms with E-state index in [1.807, 2.05) is 24.3 Å². The number of carbonyl (C=O) groups excluding carboxylic acids is 3. The molecule has 1 heterocycles. The number of carbonyl (C=O) groups is 3. The number of thioether (sulfide) groups is 1. The van der Waals surface area contributed by atoms with Crippen LogP contribution in [0.4, 0.5) is 5.69 Å². The second-order valence-corrected chi connectivity index (χ2v) is 8.27. The van der Waals surface area contributed by atoms with Crippen molar-refractivity contribution in [2.24, 2.45) is 0 Å². The molecule has 0 aliphatic carbocycles. The number of aryl methyl sites for hydroxylation is 1. The van der Waals surface area contributed by atoms with Crippen molar-refractivity contribution in [1.29, 1.82) is 0 Å². The lowest BCUT2D eigenvalue weighted by Gasteiger charge is -2.14. The van der Waals surface area contributed by atoms with Crippen molar-refractivity contribution < 1.29 is 19.5 Å². The van der Waals surface area contributed by atoms with E-state index in [-0.39, 0.29) is 30.3 Å². The lowest BCUT2D eigenvalue weighted by atomic mass is 10.1. The molecule has 154 valence electrons. The highest BCUT2D eigenvalue weighted by atomic mass is 32.2. The Hall–Kier alpha value is -2.97. The number of rotatable bonds is 7. The van der Waals surface area contributed by atoms with Crippen LogP contribution in [0.1, 0.15) is 34.8 Å². The molecule has 2 aromatic carbocycles. The zero-order valence-electron chi connectivity index (χ0n) is 16.2. The summed E-state index contributed by atoms with van der Waals surface area (Å²) in [4.78, 5) is 37.6. The number of hydrogen-bond acceptors (Lipinski definition) is 6. The summed E-state index contributed by atoms with van der Waals surface area (Å²) in [5.74, 6) is -1.79. The fraction of sp³-hybridized carbons (Fsp3) is 0.182. The average Bonchev–Trinajstić information content (AvgIpc) is 3.00. The molecule has 0 aromatic heterocycles. The van der Waals surface area contributed by atoms with Crippen molar-refractivity contribution in [3.8, 4) is 0 Å². The van der Waals surface area contributed by atoms with E-state index in [4.69, 9.17) is 12.2 Å². The van der Waals surface area contributed by atoms with Gasteiger partial charge in [-0.1, -0.05) is 67.3 Å². The molecule has 1 saturated heterocycles. The predicted octanol–water partition coefficient (Wildman–Crippen LogP) is 2.84. The van der Waals surface area contributed by atoms with Crippen LogP contribution in [0.5, 0.6) is 0 Å². The van der Waals surface area contributed by atoms with Gasteiger partial charge in [-0.3, -0.25) is 14.5 Å². The van der Waals surface area contributed by atoms with E-state index >= 15 is 0 Å². The summed E-state index contributed by atoms with van der Waals surface area (Å²) < 4.78 is 0.419. The molecule has 8 heteroatoms. The van der Waals surface area contributed by atoms with Gasteiger partial charge in [-0.05, 0) is 41.3 Å². The maximum absolute atomic E-state index is 12.7. The van der Waals surface area contributed by atoms with Crippen LogP contribution in [0.15, 0.2) is 53.4 Å². The van der Waals surface area contributed by atoms with Crippen LogP contribution in [-0.2, 0) is 16.0 Å². The summed E-state index contributed by atoms with van der Waals surface area (Å²) in [6.07, 6.45) is 2.82. The van der Waals surface area contributed by atoms with Gasteiger partial charge in [0.05, 0.1) is 10.9 Å². The maximum Gasteiger partial charge on any atom is 0.266 e. The Morgan fingerprint density at radius 2 is 1.80 bits per heavy atom. The van der Waals surface area contributed by atoms with Crippen LogP contribution >= 0.6 is 24.0 Å². The van der Waals surface area contributed by atoms with Gasteiger partial charge >= 0.3 is 0 Å². The topological polar surface area (TPSA) is 89.5 Å². The molecule has 1 N–H and O–H groups in total. The van der Waals surface area contributed by atoms with E-state index in [1.54, 1.807) is 6.08 Å². The zero-order chi connectivity index (χ0) is 21.7. The Morgan fingerprint density at radius 1 is 1.13 bits per heavy atom. The Kier molecular flexibility index (Phi) is 7.02. The van der Waals surface area contributed by atoms with Gasteiger partial charge in [0, 0.05) is 18.7 Å². The van der Waals surface area contributed by atoms with Crippen molar-refractivity contribution in [3.05, 3.63) is 70.1 Å². The van der Waals surface area contributed by atoms with Crippen molar-refractivity contribution in [1.82, 2.24) is 4.90 Å². The summed E-state index contributed by atoms with van der Waals surface area (Å²) in [5, 5.41) is 13.4. The number of nitrogens with one attached hydrogen (secondary N) is 1. The molecule has 0 saturated carbocycles. The number of thiocarbonyl (C=S) groups is 1. The van der Waals surface area contributed by atoms with Gasteiger partial charge in [0.2, 0.25) is 5.91 Å². The van der Waals surface area contributed by atoms with Crippen LogP contribution in [0.3, 0.4) is 0 Å². The molecule has 0 atom stereocenters. The standard InChI is InChI=1S/C22H20N2O4S2/c1-2-14-3-5-15(6-4-14)13-18-20(26)24(22(29)30-18)12-11-19(25)23-17-9-7-16(8-10-17)21(27)28/h3-10,13H,2,11-12H2,1H3,(H,23,25)(H,27,28)/p-1/b18-13-. The molecular formula is C22H19N2O4S2-. The molecule has 0 radical (unpaired) electrons. The van der Waals surface area contributed by atoms with E-state index in [0.29, 0.717) is 14.9 Å². The van der Waals surface area contributed by atoms with E-state index in [2.05, 4.69) is 12.2 Å². The second-order valence-electron chi connectivity index (χ2n) is 6.59. The van der Waals surface area contributed by atoms with Crippen molar-refractivity contribution in [3.63, 3.8) is 0 Å². The number of amides is 2. The molecule has 1 aliphatic heterocycles. The fourth-order valence-corrected chi connectivity index (χ4v) is 4.13. The number of carboxylic acids is 1. The molecule has 1 aliphatic rings. The molecule has 0 spiro atoms. The van der Waals surface area contributed by atoms with Crippen molar-refractivity contribution in [2.45, 2.75) is 19.8 Å². The quantitative estimate of drug-likeness (QED) is 0.527. The van der Waals surface area contributed by atoms with Crippen molar-refractivity contribution >= 4 is 57.8 Å². The van der Waals surface area contributed by atoms with Crippen molar-refractivity contribution in [2.75, 3.05) is 11.9 Å². The minimum atomic E-state index is -1.28. The summed E-state index contributed by atoms with van der Waals surface area (Å²) in [5.41, 5.74) is 2.64. The Bertz CT molecular complexity index is 1010. The van der Waals surface area contributed by atoms with Crippen LogP contribution < -0.4 is 10.4 Å². The molecule has 30 heavy (non-hydrogen) atoms. The van der Waals surface area contributed by atoms with Crippen LogP contribution in [0.25, 0.3) is 6.08 Å². The number of anilines is 1. The Labute approximate surface area is 184 Å². The summed E-state index contributed by atoms with van der Waals surface area (Å²) >= 11 is 6.53. The van der Waals surface area contributed by atoms with E-state index in [9.17, 15) is 19.5 Å². The van der Waals surface area contributed by atoms with Gasteiger partial charge in [0.15, 0.2) is 0 Å². The first-order valence-electron chi connectivity index (χ1n) is 9.33. The summed E-state index contributed by atoms with van der Waals surface area (Å²) in [7, 11) is 0. The lowest BCUT2D eigenvalue weighted by molar-refractivity contribution is -0.255. The largest absolute Gasteiger partial charge is 0.545 e. The monoisotopic (exact) mass is 439 g/mol. The third kappa shape index (κ3) is 5.34. The predicted molar refractivity (Wildman–Crippen MR) is 120 cm³/mol. The molecule has 6 nitrogen and oxygen atoms in total. The first-order chi connectivity index (χ1) is 14.4. The van der Waals surface area contributed by atoms with Gasteiger partial charge in [-0.25, -0.2) is 0 Å². The minimum Gasteiger partial charge on any atom is -0.545 e. The summed E-state index contributed by atoms with van der Waals surface area (Å²) in [6, 6.07) is 13.6. The van der Waals surface area contributed by atoms with Crippen LogP contribution in [0, 0.1) is 0 Å².